The first kappa shape index (κ1) is 17.9. The van der Waals surface area contributed by atoms with Crippen LogP contribution in [0.15, 0.2) is 47.1 Å². The Morgan fingerprint density at radius 2 is 1.85 bits per heavy atom. The Bertz CT molecular complexity index is 1050. The zero-order valence-electron chi connectivity index (χ0n) is 14.9. The molecule has 0 radical (unpaired) electrons. The van der Waals surface area contributed by atoms with Gasteiger partial charge >= 0.3 is 0 Å². The number of nitrogens with one attached hydrogen (secondary N) is 1. The quantitative estimate of drug-likeness (QED) is 0.484. The van der Waals surface area contributed by atoms with Gasteiger partial charge < -0.3 is 5.32 Å². The van der Waals surface area contributed by atoms with E-state index in [4.69, 9.17) is 0 Å². The lowest BCUT2D eigenvalue weighted by atomic mass is 10.2. The average Bonchev–Trinajstić information content (AvgIpc) is 3.35. The van der Waals surface area contributed by atoms with Crippen molar-refractivity contribution in [1.82, 2.24) is 29.8 Å². The minimum atomic E-state index is 0.597. The minimum absolute atomic E-state index is 0.597. The van der Waals surface area contributed by atoms with E-state index in [1.807, 2.05) is 53.7 Å². The first-order valence-corrected chi connectivity index (χ1v) is 10.1. The third-order valence-electron chi connectivity index (χ3n) is 4.11. The van der Waals surface area contributed by atoms with E-state index in [0.717, 1.165) is 38.4 Å². The Morgan fingerprint density at radius 3 is 2.59 bits per heavy atom. The highest BCUT2D eigenvalue weighted by molar-refractivity contribution is 9.10. The third kappa shape index (κ3) is 4.09. The predicted octanol–water partition coefficient (Wildman–Crippen LogP) is 4.15. The molecule has 1 aromatic carbocycles. The van der Waals surface area contributed by atoms with Crippen LogP contribution in [-0.2, 0) is 13.1 Å². The number of anilines is 2. The maximum absolute atomic E-state index is 4.54. The molecule has 0 aliphatic carbocycles. The molecule has 4 rings (SSSR count). The Kier molecular flexibility index (Phi) is 5.04. The molecular formula is C18H18BrN7S. The summed E-state index contributed by atoms with van der Waals surface area (Å²) in [6.45, 7) is 5.34. The van der Waals surface area contributed by atoms with Crippen LogP contribution in [0.25, 0.3) is 0 Å². The Hall–Kier alpha value is -2.52. The van der Waals surface area contributed by atoms with Gasteiger partial charge in [-0.25, -0.2) is 0 Å². The summed E-state index contributed by atoms with van der Waals surface area (Å²) in [6.07, 6.45) is 1.95. The van der Waals surface area contributed by atoms with E-state index < -0.39 is 0 Å². The summed E-state index contributed by atoms with van der Waals surface area (Å²) in [4.78, 5) is 0. The first-order chi connectivity index (χ1) is 13.1. The second kappa shape index (κ2) is 7.61. The largest absolute Gasteiger partial charge is 0.313 e. The zero-order chi connectivity index (χ0) is 18.8. The van der Waals surface area contributed by atoms with Gasteiger partial charge in [-0.15, -0.1) is 10.2 Å². The van der Waals surface area contributed by atoms with Crippen LogP contribution in [0, 0.1) is 13.8 Å². The lowest BCUT2D eigenvalue weighted by Crippen LogP contribution is -2.03. The molecule has 138 valence electrons. The van der Waals surface area contributed by atoms with Crippen molar-refractivity contribution in [2.24, 2.45) is 0 Å². The topological polar surface area (TPSA) is 73.5 Å². The summed E-state index contributed by atoms with van der Waals surface area (Å²) in [5.41, 5.74) is 3.26. The van der Waals surface area contributed by atoms with Gasteiger partial charge in [0.2, 0.25) is 5.13 Å². The molecular weight excluding hydrogens is 426 g/mol. The third-order valence-corrected chi connectivity index (χ3v) is 6.08. The van der Waals surface area contributed by atoms with Crippen LogP contribution >= 0.6 is 27.3 Å². The number of aromatic nitrogens is 6. The average molecular weight is 444 g/mol. The van der Waals surface area contributed by atoms with Crippen molar-refractivity contribution in [3.05, 3.63) is 69.0 Å². The molecule has 0 saturated carbocycles. The molecule has 0 unspecified atom stereocenters. The van der Waals surface area contributed by atoms with Gasteiger partial charge in [-0.1, -0.05) is 41.7 Å². The van der Waals surface area contributed by atoms with Gasteiger partial charge in [-0.05, 0) is 35.3 Å². The van der Waals surface area contributed by atoms with Gasteiger partial charge in [0.15, 0.2) is 5.82 Å². The molecule has 4 aromatic rings. The zero-order valence-corrected chi connectivity index (χ0v) is 17.3. The van der Waals surface area contributed by atoms with Crippen LogP contribution in [0.1, 0.15) is 22.0 Å². The molecule has 0 atom stereocenters. The van der Waals surface area contributed by atoms with Crippen molar-refractivity contribution < 1.29 is 0 Å². The lowest BCUT2D eigenvalue weighted by molar-refractivity contribution is 0.651. The van der Waals surface area contributed by atoms with Crippen LogP contribution in [0.5, 0.6) is 0 Å². The van der Waals surface area contributed by atoms with Crippen molar-refractivity contribution >= 4 is 38.2 Å². The minimum Gasteiger partial charge on any atom is -0.313 e. The lowest BCUT2D eigenvalue weighted by Gasteiger charge is -2.01. The maximum Gasteiger partial charge on any atom is 0.211 e. The molecule has 0 aliphatic rings. The summed E-state index contributed by atoms with van der Waals surface area (Å²) in [5, 5.41) is 22.4. The number of rotatable bonds is 6. The number of hydrogen-bond donors (Lipinski definition) is 1. The SMILES string of the molecule is Cc1nn(Cc2nnc(Nc3ccn(Cc4ccccc4)n3)s2)c(C)c1Br. The number of nitrogens with zero attached hydrogens (tertiary/aromatic N) is 6. The smallest absolute Gasteiger partial charge is 0.211 e. The molecule has 0 amide bonds. The highest BCUT2D eigenvalue weighted by Gasteiger charge is 2.12. The Morgan fingerprint density at radius 1 is 1.04 bits per heavy atom. The molecule has 7 nitrogen and oxygen atoms in total. The molecule has 9 heteroatoms. The molecule has 0 fully saturated rings. The van der Waals surface area contributed by atoms with Crippen molar-refractivity contribution in [2.45, 2.75) is 26.9 Å². The highest BCUT2D eigenvalue weighted by Crippen LogP contribution is 2.23. The molecule has 1 N–H and O–H groups in total. The van der Waals surface area contributed by atoms with Gasteiger partial charge in [0.05, 0.1) is 29.0 Å². The van der Waals surface area contributed by atoms with E-state index in [1.165, 1.54) is 16.9 Å². The predicted molar refractivity (Wildman–Crippen MR) is 109 cm³/mol. The van der Waals surface area contributed by atoms with Gasteiger partial charge in [0.25, 0.3) is 0 Å². The summed E-state index contributed by atoms with van der Waals surface area (Å²) >= 11 is 5.05. The molecule has 0 bridgehead atoms. The van der Waals surface area contributed by atoms with Crippen LogP contribution in [0.4, 0.5) is 10.9 Å². The van der Waals surface area contributed by atoms with E-state index >= 15 is 0 Å². The number of benzene rings is 1. The van der Waals surface area contributed by atoms with Gasteiger partial charge in [-0.3, -0.25) is 9.36 Å². The van der Waals surface area contributed by atoms with E-state index in [9.17, 15) is 0 Å². The maximum atomic E-state index is 4.54. The molecule has 0 spiro atoms. The normalized spacial score (nSPS) is 11.1. The van der Waals surface area contributed by atoms with Crippen LogP contribution in [0.2, 0.25) is 0 Å². The fourth-order valence-corrected chi connectivity index (χ4v) is 3.73. The molecule has 0 saturated heterocycles. The van der Waals surface area contributed by atoms with Gasteiger partial charge in [0, 0.05) is 12.3 Å². The summed E-state index contributed by atoms with van der Waals surface area (Å²) < 4.78 is 4.86. The summed E-state index contributed by atoms with van der Waals surface area (Å²) in [5.74, 6) is 0.752. The number of halogens is 1. The summed E-state index contributed by atoms with van der Waals surface area (Å²) in [7, 11) is 0. The molecule has 3 aromatic heterocycles. The Labute approximate surface area is 169 Å². The van der Waals surface area contributed by atoms with Gasteiger partial charge in [0.1, 0.15) is 5.01 Å². The molecule has 0 aliphatic heterocycles. The number of aryl methyl sites for hydroxylation is 1. The standard InChI is InChI=1S/C18H18BrN7S/c1-12-17(19)13(2)26(23-12)11-16-21-22-18(27-16)20-15-8-9-25(24-15)10-14-6-4-3-5-7-14/h3-9H,10-11H2,1-2H3,(H,20,22,24). The highest BCUT2D eigenvalue weighted by atomic mass is 79.9. The molecule has 3 heterocycles. The van der Waals surface area contributed by atoms with Crippen LogP contribution in [-0.4, -0.2) is 29.8 Å². The van der Waals surface area contributed by atoms with E-state index in [0.29, 0.717) is 6.54 Å². The van der Waals surface area contributed by atoms with Crippen molar-refractivity contribution in [3.8, 4) is 0 Å². The monoisotopic (exact) mass is 443 g/mol. The van der Waals surface area contributed by atoms with Crippen molar-refractivity contribution in [1.29, 1.82) is 0 Å². The summed E-state index contributed by atoms with van der Waals surface area (Å²) in [6, 6.07) is 12.2. The van der Waals surface area contributed by atoms with E-state index in [-0.39, 0.29) is 0 Å². The fourth-order valence-electron chi connectivity index (χ4n) is 2.72. The van der Waals surface area contributed by atoms with Crippen LogP contribution in [0.3, 0.4) is 0 Å². The second-order valence-electron chi connectivity index (χ2n) is 6.15. The Balaban J connectivity index is 1.41. The second-order valence-corrected chi connectivity index (χ2v) is 8.01. The van der Waals surface area contributed by atoms with E-state index in [1.54, 1.807) is 0 Å². The van der Waals surface area contributed by atoms with Crippen molar-refractivity contribution in [2.75, 3.05) is 5.32 Å². The van der Waals surface area contributed by atoms with E-state index in [2.05, 4.69) is 53.8 Å². The fraction of sp³-hybridized carbons (Fsp3) is 0.222. The van der Waals surface area contributed by atoms with Crippen LogP contribution < -0.4 is 5.32 Å². The van der Waals surface area contributed by atoms with Gasteiger partial charge in [-0.2, -0.15) is 10.2 Å². The first-order valence-electron chi connectivity index (χ1n) is 8.45. The number of hydrogen-bond acceptors (Lipinski definition) is 6. The molecule has 27 heavy (non-hydrogen) atoms. The van der Waals surface area contributed by atoms with Crippen molar-refractivity contribution in [3.63, 3.8) is 0 Å².